The van der Waals surface area contributed by atoms with Crippen molar-refractivity contribution >= 4 is 5.91 Å². The molecule has 110 valence electrons. The van der Waals surface area contributed by atoms with E-state index in [1.165, 1.54) is 24.0 Å². The molecule has 1 amide bonds. The molecule has 0 heterocycles. The summed E-state index contributed by atoms with van der Waals surface area (Å²) in [6.45, 7) is 6.40. The van der Waals surface area contributed by atoms with Crippen LogP contribution >= 0.6 is 0 Å². The van der Waals surface area contributed by atoms with Crippen LogP contribution in [0.15, 0.2) is 24.3 Å². The molecule has 0 aromatic heterocycles. The molecule has 3 heteroatoms. The van der Waals surface area contributed by atoms with Crippen LogP contribution in [0.2, 0.25) is 0 Å². The first-order valence-corrected chi connectivity index (χ1v) is 7.58. The lowest BCUT2D eigenvalue weighted by molar-refractivity contribution is -0.121. The van der Waals surface area contributed by atoms with Crippen molar-refractivity contribution in [3.05, 3.63) is 35.4 Å². The third-order valence-corrected chi connectivity index (χ3v) is 3.64. The van der Waals surface area contributed by atoms with E-state index < -0.39 is 0 Å². The van der Waals surface area contributed by atoms with Gasteiger partial charge in [-0.05, 0) is 51.2 Å². The van der Waals surface area contributed by atoms with Crippen LogP contribution in [0.5, 0.6) is 0 Å². The highest BCUT2D eigenvalue weighted by atomic mass is 16.2. The van der Waals surface area contributed by atoms with E-state index in [9.17, 15) is 4.79 Å². The molecule has 0 saturated heterocycles. The Bertz CT molecular complexity index is 462. The highest BCUT2D eigenvalue weighted by molar-refractivity contribution is 5.78. The highest BCUT2D eigenvalue weighted by Gasteiger charge is 2.19. The number of hydrogen-bond acceptors (Lipinski definition) is 2. The number of carbonyl (C=O) groups is 1. The van der Waals surface area contributed by atoms with Gasteiger partial charge in [0.15, 0.2) is 0 Å². The minimum absolute atomic E-state index is 0.0687. The van der Waals surface area contributed by atoms with E-state index in [1.807, 2.05) is 20.8 Å². The first-order valence-electron chi connectivity index (χ1n) is 7.58. The Kier molecular flexibility index (Phi) is 4.81. The second-order valence-electron chi connectivity index (χ2n) is 6.68. The maximum Gasteiger partial charge on any atom is 0.234 e. The molecule has 3 nitrogen and oxygen atoms in total. The standard InChI is InChI=1S/C17H26N2O/c1-17(2,3)19-16(20)12-18-15-11-7-5-9-13-8-4-6-10-14(13)15/h4,6,8,10,15,18H,5,7,9,11-12H2,1-3H3,(H,19,20). The van der Waals surface area contributed by atoms with Crippen molar-refractivity contribution in [3.63, 3.8) is 0 Å². The van der Waals surface area contributed by atoms with Crippen LogP contribution in [0.25, 0.3) is 0 Å². The maximum absolute atomic E-state index is 11.9. The molecule has 0 aliphatic heterocycles. The minimum Gasteiger partial charge on any atom is -0.350 e. The molecule has 20 heavy (non-hydrogen) atoms. The molecule has 0 spiro atoms. The first kappa shape index (κ1) is 15.0. The first-order chi connectivity index (χ1) is 9.46. The van der Waals surface area contributed by atoms with Gasteiger partial charge in [-0.15, -0.1) is 0 Å². The second kappa shape index (κ2) is 6.40. The van der Waals surface area contributed by atoms with Gasteiger partial charge in [-0.2, -0.15) is 0 Å². The lowest BCUT2D eigenvalue weighted by Crippen LogP contribution is -2.45. The fourth-order valence-corrected chi connectivity index (χ4v) is 2.81. The Morgan fingerprint density at radius 2 is 2.00 bits per heavy atom. The van der Waals surface area contributed by atoms with Crippen LogP contribution in [-0.4, -0.2) is 18.0 Å². The maximum atomic E-state index is 11.9. The number of fused-ring (bicyclic) bond motifs is 1. The number of rotatable bonds is 3. The predicted molar refractivity (Wildman–Crippen MR) is 82.6 cm³/mol. The lowest BCUT2D eigenvalue weighted by atomic mass is 9.99. The molecule has 0 bridgehead atoms. The quantitative estimate of drug-likeness (QED) is 0.832. The van der Waals surface area contributed by atoms with Gasteiger partial charge in [0.1, 0.15) is 0 Å². The van der Waals surface area contributed by atoms with E-state index in [2.05, 4.69) is 34.9 Å². The molecule has 1 aliphatic rings. The summed E-state index contributed by atoms with van der Waals surface area (Å²) < 4.78 is 0. The monoisotopic (exact) mass is 274 g/mol. The van der Waals surface area contributed by atoms with Crippen LogP contribution in [0, 0.1) is 0 Å². The third-order valence-electron chi connectivity index (χ3n) is 3.64. The smallest absolute Gasteiger partial charge is 0.234 e. The van der Waals surface area contributed by atoms with Crippen LogP contribution in [-0.2, 0) is 11.2 Å². The highest BCUT2D eigenvalue weighted by Crippen LogP contribution is 2.28. The third kappa shape index (κ3) is 4.34. The van der Waals surface area contributed by atoms with E-state index in [0.29, 0.717) is 12.6 Å². The lowest BCUT2D eigenvalue weighted by Gasteiger charge is -2.23. The van der Waals surface area contributed by atoms with Gasteiger partial charge >= 0.3 is 0 Å². The van der Waals surface area contributed by atoms with Gasteiger partial charge < -0.3 is 10.6 Å². The van der Waals surface area contributed by atoms with Gasteiger partial charge in [0.25, 0.3) is 0 Å². The second-order valence-corrected chi connectivity index (χ2v) is 6.68. The topological polar surface area (TPSA) is 41.1 Å². The minimum atomic E-state index is -0.167. The van der Waals surface area contributed by atoms with Crippen molar-refractivity contribution in [2.75, 3.05) is 6.54 Å². The summed E-state index contributed by atoms with van der Waals surface area (Å²) in [5, 5.41) is 6.42. The van der Waals surface area contributed by atoms with Crippen molar-refractivity contribution < 1.29 is 4.79 Å². The van der Waals surface area contributed by atoms with Crippen molar-refractivity contribution in [3.8, 4) is 0 Å². The summed E-state index contributed by atoms with van der Waals surface area (Å²) in [6, 6.07) is 8.91. The van der Waals surface area contributed by atoms with Crippen molar-refractivity contribution in [1.82, 2.24) is 10.6 Å². The van der Waals surface area contributed by atoms with Gasteiger partial charge in [-0.1, -0.05) is 30.7 Å². The Morgan fingerprint density at radius 1 is 1.25 bits per heavy atom. The zero-order chi connectivity index (χ0) is 14.6. The molecule has 0 saturated carbocycles. The van der Waals surface area contributed by atoms with Crippen molar-refractivity contribution in [1.29, 1.82) is 0 Å². The van der Waals surface area contributed by atoms with Gasteiger partial charge in [-0.3, -0.25) is 4.79 Å². The van der Waals surface area contributed by atoms with Crippen LogP contribution < -0.4 is 10.6 Å². The molecule has 1 atom stereocenters. The molecule has 1 unspecified atom stereocenters. The molecule has 1 aromatic carbocycles. The summed E-state index contributed by atoms with van der Waals surface area (Å²) in [5.41, 5.74) is 2.63. The summed E-state index contributed by atoms with van der Waals surface area (Å²) in [7, 11) is 0. The number of aryl methyl sites for hydroxylation is 1. The summed E-state index contributed by atoms with van der Waals surface area (Å²) in [6.07, 6.45) is 4.72. The van der Waals surface area contributed by atoms with Crippen LogP contribution in [0.1, 0.15) is 57.2 Å². The van der Waals surface area contributed by atoms with Gasteiger partial charge in [-0.25, -0.2) is 0 Å². The molecule has 1 aliphatic carbocycles. The predicted octanol–water partition coefficient (Wildman–Crippen LogP) is 2.96. The zero-order valence-corrected chi connectivity index (χ0v) is 12.8. The van der Waals surface area contributed by atoms with E-state index in [4.69, 9.17) is 0 Å². The van der Waals surface area contributed by atoms with Gasteiger partial charge in [0, 0.05) is 11.6 Å². The average molecular weight is 274 g/mol. The van der Waals surface area contributed by atoms with E-state index >= 15 is 0 Å². The van der Waals surface area contributed by atoms with Crippen molar-refractivity contribution in [2.24, 2.45) is 0 Å². The van der Waals surface area contributed by atoms with Gasteiger partial charge in [0.05, 0.1) is 6.54 Å². The average Bonchev–Trinajstić information content (AvgIpc) is 2.56. The molecule has 2 rings (SSSR count). The summed E-state index contributed by atoms with van der Waals surface area (Å²) >= 11 is 0. The van der Waals surface area contributed by atoms with E-state index in [1.54, 1.807) is 0 Å². The Labute approximate surface area is 122 Å². The number of benzene rings is 1. The molecular weight excluding hydrogens is 248 g/mol. The number of nitrogens with one attached hydrogen (secondary N) is 2. The van der Waals surface area contributed by atoms with Crippen molar-refractivity contribution in [2.45, 2.75) is 58.0 Å². The zero-order valence-electron chi connectivity index (χ0n) is 12.8. The summed E-state index contributed by atoms with van der Waals surface area (Å²) in [4.78, 5) is 11.9. The fraction of sp³-hybridized carbons (Fsp3) is 0.588. The number of amides is 1. The Balaban J connectivity index is 1.97. The molecular formula is C17H26N2O. The SMILES string of the molecule is CC(C)(C)NC(=O)CNC1CCCCc2ccccc21. The summed E-state index contributed by atoms with van der Waals surface area (Å²) in [5.74, 6) is 0.0687. The van der Waals surface area contributed by atoms with E-state index in [-0.39, 0.29) is 11.4 Å². The molecule has 0 fully saturated rings. The normalized spacial score (nSPS) is 19.1. The fourth-order valence-electron chi connectivity index (χ4n) is 2.81. The van der Waals surface area contributed by atoms with Gasteiger partial charge in [0.2, 0.25) is 5.91 Å². The van der Waals surface area contributed by atoms with Crippen LogP contribution in [0.4, 0.5) is 0 Å². The molecule has 1 aromatic rings. The van der Waals surface area contributed by atoms with E-state index in [0.717, 1.165) is 12.8 Å². The molecule has 0 radical (unpaired) electrons. The number of hydrogen-bond donors (Lipinski definition) is 2. The van der Waals surface area contributed by atoms with Crippen LogP contribution in [0.3, 0.4) is 0 Å². The number of carbonyl (C=O) groups excluding carboxylic acids is 1. The largest absolute Gasteiger partial charge is 0.350 e. The Morgan fingerprint density at radius 3 is 2.75 bits per heavy atom. The Hall–Kier alpha value is -1.35. The molecule has 2 N–H and O–H groups in total.